The summed E-state index contributed by atoms with van der Waals surface area (Å²) in [5.74, 6) is -3.24. The Morgan fingerprint density at radius 3 is 2.45 bits per heavy atom. The highest BCUT2D eigenvalue weighted by Crippen LogP contribution is 2.24. The van der Waals surface area contributed by atoms with Crippen LogP contribution in [0.25, 0.3) is 17.1 Å². The molecular formula is C15H7F2N3O2. The smallest absolute Gasteiger partial charge is 0.387 e. The lowest BCUT2D eigenvalue weighted by Gasteiger charge is -2.00. The first kappa shape index (κ1) is 13.7. The van der Waals surface area contributed by atoms with Gasteiger partial charge in [0.2, 0.25) is 0 Å². The number of nitrogens with zero attached hydrogens (tertiary/aromatic N) is 3. The monoisotopic (exact) mass is 299 g/mol. The molecule has 0 aliphatic heterocycles. The minimum absolute atomic E-state index is 0.168. The van der Waals surface area contributed by atoms with Crippen molar-refractivity contribution in [2.75, 3.05) is 0 Å². The Hall–Kier alpha value is -3.27. The Morgan fingerprint density at radius 2 is 1.77 bits per heavy atom. The molecule has 0 aliphatic rings. The molecule has 3 aromatic rings. The number of nitriles is 1. The highest BCUT2D eigenvalue weighted by Gasteiger charge is 2.20. The maximum Gasteiger partial charge on any atom is 0.442 e. The third-order valence-corrected chi connectivity index (χ3v) is 2.98. The number of para-hydroxylation sites is 1. The largest absolute Gasteiger partial charge is 0.442 e. The summed E-state index contributed by atoms with van der Waals surface area (Å²) in [5.41, 5.74) is -0.187. The Labute approximate surface area is 122 Å². The molecular weight excluding hydrogens is 292 g/mol. The number of hydrogen-bond acceptors (Lipinski definition) is 4. The average Bonchev–Trinajstić information content (AvgIpc) is 2.88. The third-order valence-electron chi connectivity index (χ3n) is 2.98. The molecule has 1 heterocycles. The molecule has 5 nitrogen and oxygen atoms in total. The molecule has 1 aromatic heterocycles. The van der Waals surface area contributed by atoms with Crippen molar-refractivity contribution in [1.82, 2.24) is 9.78 Å². The van der Waals surface area contributed by atoms with Crippen molar-refractivity contribution in [3.63, 3.8) is 0 Å². The van der Waals surface area contributed by atoms with Crippen LogP contribution in [0.1, 0.15) is 5.56 Å². The Kier molecular flexibility index (Phi) is 3.27. The molecule has 0 fully saturated rings. The minimum Gasteiger partial charge on any atom is -0.387 e. The first-order chi connectivity index (χ1) is 10.6. The highest BCUT2D eigenvalue weighted by molar-refractivity contribution is 5.55. The maximum atomic E-state index is 13.7. The van der Waals surface area contributed by atoms with E-state index in [1.54, 1.807) is 12.1 Å². The Balaban J connectivity index is 2.21. The van der Waals surface area contributed by atoms with Crippen molar-refractivity contribution >= 4 is 0 Å². The molecule has 22 heavy (non-hydrogen) atoms. The van der Waals surface area contributed by atoms with Gasteiger partial charge in [-0.3, -0.25) is 0 Å². The summed E-state index contributed by atoms with van der Waals surface area (Å²) in [6.45, 7) is 0. The average molecular weight is 299 g/mol. The van der Waals surface area contributed by atoms with Gasteiger partial charge in [0.1, 0.15) is 23.3 Å². The molecule has 0 spiro atoms. The van der Waals surface area contributed by atoms with E-state index in [-0.39, 0.29) is 11.3 Å². The maximum absolute atomic E-state index is 13.7. The molecule has 7 heteroatoms. The molecule has 0 saturated heterocycles. The SMILES string of the molecule is N#Cc1ccccc1-n1nc(-c2c(F)cccc2F)oc1=O. The van der Waals surface area contributed by atoms with E-state index in [1.807, 2.05) is 6.07 Å². The molecule has 0 N–H and O–H groups in total. The van der Waals surface area contributed by atoms with E-state index in [2.05, 4.69) is 5.10 Å². The summed E-state index contributed by atoms with van der Waals surface area (Å²) < 4.78 is 33.1. The summed E-state index contributed by atoms with van der Waals surface area (Å²) in [6, 6.07) is 11.3. The van der Waals surface area contributed by atoms with E-state index in [0.29, 0.717) is 0 Å². The van der Waals surface area contributed by atoms with Crippen molar-refractivity contribution in [2.45, 2.75) is 0 Å². The standard InChI is InChI=1S/C15H7F2N3O2/c16-10-5-3-6-11(17)13(10)14-19-20(15(21)22-14)12-7-2-1-4-9(12)8-18/h1-7H. The Morgan fingerprint density at radius 1 is 1.09 bits per heavy atom. The second kappa shape index (κ2) is 5.26. The number of rotatable bonds is 2. The van der Waals surface area contributed by atoms with Crippen LogP contribution < -0.4 is 5.76 Å². The fourth-order valence-corrected chi connectivity index (χ4v) is 1.99. The fourth-order valence-electron chi connectivity index (χ4n) is 1.99. The second-order valence-electron chi connectivity index (χ2n) is 4.31. The van der Waals surface area contributed by atoms with Gasteiger partial charge in [0.25, 0.3) is 5.89 Å². The zero-order chi connectivity index (χ0) is 15.7. The van der Waals surface area contributed by atoms with Crippen LogP contribution >= 0.6 is 0 Å². The van der Waals surface area contributed by atoms with Crippen LogP contribution in [0.3, 0.4) is 0 Å². The molecule has 0 bridgehead atoms. The molecule has 0 aliphatic carbocycles. The van der Waals surface area contributed by atoms with Crippen molar-refractivity contribution in [2.24, 2.45) is 0 Å². The van der Waals surface area contributed by atoms with Gasteiger partial charge in [0.15, 0.2) is 0 Å². The molecule has 0 atom stereocenters. The van der Waals surface area contributed by atoms with E-state index in [0.717, 1.165) is 16.8 Å². The van der Waals surface area contributed by atoms with Gasteiger partial charge in [-0.1, -0.05) is 18.2 Å². The molecule has 0 saturated carbocycles. The zero-order valence-electron chi connectivity index (χ0n) is 11.0. The van der Waals surface area contributed by atoms with Crippen LogP contribution in [0.15, 0.2) is 51.7 Å². The van der Waals surface area contributed by atoms with Crippen molar-refractivity contribution < 1.29 is 13.2 Å². The predicted molar refractivity (Wildman–Crippen MR) is 72.2 cm³/mol. The van der Waals surface area contributed by atoms with E-state index in [1.165, 1.54) is 18.2 Å². The first-order valence-corrected chi connectivity index (χ1v) is 6.16. The molecule has 0 amide bonds. The van der Waals surface area contributed by atoms with Crippen LogP contribution in [0.5, 0.6) is 0 Å². The summed E-state index contributed by atoms with van der Waals surface area (Å²) >= 11 is 0. The van der Waals surface area contributed by atoms with Gasteiger partial charge in [0, 0.05) is 0 Å². The van der Waals surface area contributed by atoms with Gasteiger partial charge in [-0.05, 0) is 24.3 Å². The van der Waals surface area contributed by atoms with Crippen LogP contribution in [0.2, 0.25) is 0 Å². The molecule has 0 radical (unpaired) electrons. The van der Waals surface area contributed by atoms with E-state index < -0.39 is 28.8 Å². The van der Waals surface area contributed by atoms with Gasteiger partial charge in [-0.25, -0.2) is 13.6 Å². The molecule has 3 rings (SSSR count). The highest BCUT2D eigenvalue weighted by atomic mass is 19.1. The van der Waals surface area contributed by atoms with Crippen LogP contribution in [0, 0.1) is 23.0 Å². The zero-order valence-corrected chi connectivity index (χ0v) is 11.0. The van der Waals surface area contributed by atoms with Crippen molar-refractivity contribution in [3.8, 4) is 23.2 Å². The van der Waals surface area contributed by atoms with Gasteiger partial charge >= 0.3 is 5.76 Å². The lowest BCUT2D eigenvalue weighted by atomic mass is 10.2. The molecule has 0 unspecified atom stereocenters. The van der Waals surface area contributed by atoms with Crippen LogP contribution in [-0.4, -0.2) is 9.78 Å². The summed E-state index contributed by atoms with van der Waals surface area (Å²) in [6.07, 6.45) is 0. The minimum atomic E-state index is -0.944. The lowest BCUT2D eigenvalue weighted by Crippen LogP contribution is -2.14. The fraction of sp³-hybridized carbons (Fsp3) is 0. The molecule has 2 aromatic carbocycles. The van der Waals surface area contributed by atoms with Crippen LogP contribution in [-0.2, 0) is 0 Å². The van der Waals surface area contributed by atoms with Gasteiger partial charge in [0.05, 0.1) is 11.3 Å². The van der Waals surface area contributed by atoms with E-state index in [9.17, 15) is 13.6 Å². The number of benzene rings is 2. The Bertz CT molecular complexity index is 934. The number of halogens is 2. The predicted octanol–water partition coefficient (Wildman–Crippen LogP) is 2.64. The summed E-state index contributed by atoms with van der Waals surface area (Å²) in [4.78, 5) is 11.9. The quantitative estimate of drug-likeness (QED) is 0.729. The number of aromatic nitrogens is 2. The number of hydrogen-bond donors (Lipinski definition) is 0. The van der Waals surface area contributed by atoms with Gasteiger partial charge < -0.3 is 4.42 Å². The third kappa shape index (κ3) is 2.16. The topological polar surface area (TPSA) is 71.8 Å². The second-order valence-corrected chi connectivity index (χ2v) is 4.31. The van der Waals surface area contributed by atoms with E-state index >= 15 is 0 Å². The van der Waals surface area contributed by atoms with Gasteiger partial charge in [-0.15, -0.1) is 5.10 Å². The van der Waals surface area contributed by atoms with Crippen molar-refractivity contribution in [1.29, 1.82) is 5.26 Å². The summed E-state index contributed by atoms with van der Waals surface area (Å²) in [7, 11) is 0. The lowest BCUT2D eigenvalue weighted by molar-refractivity contribution is 0.503. The van der Waals surface area contributed by atoms with Crippen molar-refractivity contribution in [3.05, 3.63) is 70.2 Å². The van der Waals surface area contributed by atoms with Gasteiger partial charge in [-0.2, -0.15) is 9.94 Å². The summed E-state index contributed by atoms with van der Waals surface area (Å²) in [5, 5.41) is 12.8. The van der Waals surface area contributed by atoms with E-state index in [4.69, 9.17) is 9.68 Å². The molecule has 108 valence electrons. The normalized spacial score (nSPS) is 10.4. The first-order valence-electron chi connectivity index (χ1n) is 6.16. The van der Waals surface area contributed by atoms with Crippen LogP contribution in [0.4, 0.5) is 8.78 Å².